The molecule has 0 fully saturated rings. The largest absolute Gasteiger partial charge is 0.481 e. The summed E-state index contributed by atoms with van der Waals surface area (Å²) in [5.74, 6) is -4.44. The van der Waals surface area contributed by atoms with Gasteiger partial charge in [-0.15, -0.1) is 0 Å². The number of hydrogen-bond acceptors (Lipinski definition) is 8. The Balaban J connectivity index is 2.40. The van der Waals surface area contributed by atoms with Crippen LogP contribution >= 0.6 is 0 Å². The summed E-state index contributed by atoms with van der Waals surface area (Å²) in [5.41, 5.74) is 0.826. The fraction of sp³-hybridized carbons (Fsp3) is 0.321. The summed E-state index contributed by atoms with van der Waals surface area (Å²) >= 11 is 0. The monoisotopic (exact) mass is 553 g/mol. The van der Waals surface area contributed by atoms with Crippen molar-refractivity contribution >= 4 is 47.4 Å². The van der Waals surface area contributed by atoms with Crippen LogP contribution < -0.4 is 15.5 Å². The Hall–Kier alpha value is -4.87. The highest BCUT2D eigenvalue weighted by molar-refractivity contribution is 6.05. The molecule has 0 aliphatic heterocycles. The first-order chi connectivity index (χ1) is 19.0. The van der Waals surface area contributed by atoms with Gasteiger partial charge in [-0.25, -0.2) is 0 Å². The first-order valence-electron chi connectivity index (χ1n) is 12.4. The number of aliphatic carboxylic acids is 1. The lowest BCUT2D eigenvalue weighted by molar-refractivity contribution is -0.145. The lowest BCUT2D eigenvalue weighted by atomic mass is 10.0. The molecule has 0 bridgehead atoms. The molecule has 2 atom stereocenters. The maximum atomic E-state index is 13.8. The van der Waals surface area contributed by atoms with Gasteiger partial charge in [0.1, 0.15) is 25.5 Å². The average molecular weight is 554 g/mol. The predicted molar refractivity (Wildman–Crippen MR) is 142 cm³/mol. The summed E-state index contributed by atoms with van der Waals surface area (Å²) in [6.07, 6.45) is -0.471. The van der Waals surface area contributed by atoms with E-state index in [-0.39, 0.29) is 24.8 Å². The number of carbonyl (C=O) groups excluding carboxylic acids is 6. The lowest BCUT2D eigenvalue weighted by Crippen LogP contribution is -2.52. The molecular weight excluding hydrogens is 522 g/mol. The number of para-hydroxylation sites is 1. The fourth-order valence-electron chi connectivity index (χ4n) is 3.73. The Bertz CT molecular complexity index is 1250. The molecule has 12 heteroatoms. The summed E-state index contributed by atoms with van der Waals surface area (Å²) in [4.78, 5) is 86.3. The fourth-order valence-corrected chi connectivity index (χ4v) is 3.73. The van der Waals surface area contributed by atoms with E-state index in [9.17, 15) is 33.6 Å². The maximum Gasteiger partial charge on any atom is 0.305 e. The predicted octanol–water partition coefficient (Wildman–Crippen LogP) is 1.06. The van der Waals surface area contributed by atoms with Gasteiger partial charge in [-0.1, -0.05) is 43.3 Å². The number of aldehydes is 1. The summed E-state index contributed by atoms with van der Waals surface area (Å²) in [6, 6.07) is 12.1. The zero-order chi connectivity index (χ0) is 29.7. The first-order valence-corrected chi connectivity index (χ1v) is 12.4. The zero-order valence-electron chi connectivity index (χ0n) is 22.1. The third-order valence-corrected chi connectivity index (χ3v) is 5.63. The maximum absolute atomic E-state index is 13.8. The molecule has 0 aromatic heterocycles. The van der Waals surface area contributed by atoms with Crippen LogP contribution in [0.4, 0.5) is 5.69 Å². The van der Waals surface area contributed by atoms with Crippen LogP contribution in [0.2, 0.25) is 0 Å². The van der Waals surface area contributed by atoms with E-state index >= 15 is 0 Å². The molecule has 0 heterocycles. The number of ether oxygens (including phenoxy) is 1. The molecule has 0 spiro atoms. The molecule has 0 saturated heterocycles. The van der Waals surface area contributed by atoms with Crippen LogP contribution in [0, 0.1) is 0 Å². The van der Waals surface area contributed by atoms with Gasteiger partial charge in [-0.2, -0.15) is 0 Å². The minimum atomic E-state index is -1.33. The zero-order valence-corrected chi connectivity index (χ0v) is 22.1. The third-order valence-electron chi connectivity index (χ3n) is 5.63. The number of Topliss-reactive ketones (excluding diaryl/α,β-unsaturated/α-hetero) is 1. The number of carboxylic acids is 1. The summed E-state index contributed by atoms with van der Waals surface area (Å²) in [6.45, 7) is 1.69. The van der Waals surface area contributed by atoms with E-state index in [1.165, 1.54) is 6.07 Å². The Morgan fingerprint density at radius 2 is 1.62 bits per heavy atom. The Kier molecular flexibility index (Phi) is 12.2. The van der Waals surface area contributed by atoms with Gasteiger partial charge in [-0.05, 0) is 30.2 Å². The number of anilines is 1. The molecular formula is C28H31N3O9. The topological polar surface area (TPSA) is 176 Å². The molecule has 40 heavy (non-hydrogen) atoms. The van der Waals surface area contributed by atoms with Crippen molar-refractivity contribution in [2.75, 3.05) is 18.1 Å². The molecule has 2 aromatic rings. The SMILES string of the molecule is CC[C@H](NC(=O)c1ccccc1)C(=O)N(CC(=O)N[C@H](C=O)CC(=O)O)c1ccccc1CC(=O)COC(C)=O. The van der Waals surface area contributed by atoms with Gasteiger partial charge >= 0.3 is 11.9 Å². The van der Waals surface area contributed by atoms with Crippen molar-refractivity contribution in [3.8, 4) is 0 Å². The molecule has 2 aromatic carbocycles. The second-order valence-electron chi connectivity index (χ2n) is 8.76. The first kappa shape index (κ1) is 31.3. The third kappa shape index (κ3) is 9.78. The van der Waals surface area contributed by atoms with Crippen molar-refractivity contribution in [2.24, 2.45) is 0 Å². The molecule has 0 unspecified atom stereocenters. The molecule has 0 aliphatic rings. The number of hydrogen-bond donors (Lipinski definition) is 3. The molecule has 3 amide bonds. The van der Waals surface area contributed by atoms with Crippen molar-refractivity contribution in [3.05, 3.63) is 65.7 Å². The van der Waals surface area contributed by atoms with Crippen molar-refractivity contribution in [2.45, 2.75) is 45.2 Å². The molecule has 0 saturated carbocycles. The average Bonchev–Trinajstić information content (AvgIpc) is 2.93. The van der Waals surface area contributed by atoms with Crippen LogP contribution in [0.5, 0.6) is 0 Å². The highest BCUT2D eigenvalue weighted by Crippen LogP contribution is 2.23. The molecule has 0 radical (unpaired) electrons. The summed E-state index contributed by atoms with van der Waals surface area (Å²) < 4.78 is 4.76. The van der Waals surface area contributed by atoms with E-state index in [1.54, 1.807) is 55.5 Å². The van der Waals surface area contributed by atoms with Crippen molar-refractivity contribution < 1.29 is 43.4 Å². The normalized spacial score (nSPS) is 11.8. The van der Waals surface area contributed by atoms with E-state index in [2.05, 4.69) is 10.6 Å². The Labute approximate surface area is 230 Å². The van der Waals surface area contributed by atoms with Crippen LogP contribution in [-0.4, -0.2) is 72.1 Å². The Morgan fingerprint density at radius 1 is 0.975 bits per heavy atom. The van der Waals surface area contributed by atoms with E-state index in [4.69, 9.17) is 9.84 Å². The van der Waals surface area contributed by atoms with Gasteiger partial charge in [-0.3, -0.25) is 28.8 Å². The second-order valence-corrected chi connectivity index (χ2v) is 8.76. The van der Waals surface area contributed by atoms with Gasteiger partial charge in [0.25, 0.3) is 5.91 Å². The van der Waals surface area contributed by atoms with Crippen molar-refractivity contribution in [3.63, 3.8) is 0 Å². The number of amides is 3. The quantitative estimate of drug-likeness (QED) is 0.215. The summed E-state index contributed by atoms with van der Waals surface area (Å²) in [7, 11) is 0. The van der Waals surface area contributed by atoms with Crippen LogP contribution in [0.25, 0.3) is 0 Å². The summed E-state index contributed by atoms with van der Waals surface area (Å²) in [5, 5.41) is 13.9. The number of carboxylic acid groups (broad SMARTS) is 1. The molecule has 2 rings (SSSR count). The highest BCUT2D eigenvalue weighted by Gasteiger charge is 2.30. The van der Waals surface area contributed by atoms with Gasteiger partial charge in [0.15, 0.2) is 5.78 Å². The van der Waals surface area contributed by atoms with E-state index in [0.717, 1.165) is 11.8 Å². The van der Waals surface area contributed by atoms with E-state index in [0.29, 0.717) is 11.1 Å². The molecule has 212 valence electrons. The molecule has 12 nitrogen and oxygen atoms in total. The van der Waals surface area contributed by atoms with Crippen LogP contribution in [-0.2, 0) is 39.9 Å². The van der Waals surface area contributed by atoms with E-state index in [1.807, 2.05) is 0 Å². The van der Waals surface area contributed by atoms with Gasteiger partial charge in [0.2, 0.25) is 11.8 Å². The standard InChI is InChI=1S/C28H31N3O9/c1-3-23(30-27(38)19-9-5-4-6-10-19)28(39)31(15-25(35)29-21(16-32)14-26(36)37)24-12-8-7-11-20(24)13-22(34)17-40-18(2)33/h4-12,16,21,23H,3,13-15,17H2,1-2H3,(H,29,35)(H,30,38)(H,36,37)/t21-,23-/m0/s1. The minimum Gasteiger partial charge on any atom is -0.481 e. The Morgan fingerprint density at radius 3 is 2.23 bits per heavy atom. The number of rotatable bonds is 15. The van der Waals surface area contributed by atoms with E-state index < -0.39 is 67.1 Å². The van der Waals surface area contributed by atoms with Gasteiger partial charge < -0.3 is 30.2 Å². The van der Waals surface area contributed by atoms with Crippen LogP contribution in [0.15, 0.2) is 54.6 Å². The highest BCUT2D eigenvalue weighted by atomic mass is 16.5. The number of carbonyl (C=O) groups is 7. The van der Waals surface area contributed by atoms with Gasteiger partial charge in [0, 0.05) is 24.6 Å². The number of nitrogens with one attached hydrogen (secondary N) is 2. The number of ketones is 1. The lowest BCUT2D eigenvalue weighted by Gasteiger charge is -2.29. The van der Waals surface area contributed by atoms with Crippen LogP contribution in [0.3, 0.4) is 0 Å². The molecule has 3 N–H and O–H groups in total. The smallest absolute Gasteiger partial charge is 0.305 e. The van der Waals surface area contributed by atoms with Gasteiger partial charge in [0.05, 0.1) is 12.5 Å². The number of nitrogens with zero attached hydrogens (tertiary/aromatic N) is 1. The number of benzene rings is 2. The minimum absolute atomic E-state index is 0.152. The van der Waals surface area contributed by atoms with Crippen molar-refractivity contribution in [1.82, 2.24) is 10.6 Å². The number of esters is 1. The molecule has 0 aliphatic carbocycles. The van der Waals surface area contributed by atoms with Crippen molar-refractivity contribution in [1.29, 1.82) is 0 Å². The second kappa shape index (κ2) is 15.5. The van der Waals surface area contributed by atoms with Crippen LogP contribution in [0.1, 0.15) is 42.6 Å².